The Bertz CT molecular complexity index is 593. The molecule has 1 atom stereocenters. The molecule has 19 heavy (non-hydrogen) atoms. The van der Waals surface area contributed by atoms with Crippen LogP contribution in [0.2, 0.25) is 0 Å². The van der Waals surface area contributed by atoms with Crippen LogP contribution in [0, 0.1) is 0 Å². The first-order chi connectivity index (χ1) is 9.25. The Morgan fingerprint density at radius 3 is 3.21 bits per heavy atom. The molecule has 3 rings (SSSR count). The van der Waals surface area contributed by atoms with E-state index in [-0.39, 0.29) is 6.04 Å². The molecule has 1 fully saturated rings. The maximum atomic E-state index is 11.1. The topological polar surface area (TPSA) is 65.6 Å². The SMILES string of the molecule is O=C(O)N1CCCC1COc1cccc2[nH]ccc12. The maximum Gasteiger partial charge on any atom is 0.407 e. The molecule has 0 aliphatic carbocycles. The first kappa shape index (κ1) is 11.9. The molecule has 100 valence electrons. The molecular formula is C14H16N2O3. The van der Waals surface area contributed by atoms with Crippen LogP contribution in [0.3, 0.4) is 0 Å². The quantitative estimate of drug-likeness (QED) is 0.891. The van der Waals surface area contributed by atoms with Crippen molar-refractivity contribution in [1.82, 2.24) is 9.88 Å². The average molecular weight is 260 g/mol. The van der Waals surface area contributed by atoms with Gasteiger partial charge >= 0.3 is 6.09 Å². The summed E-state index contributed by atoms with van der Waals surface area (Å²) < 4.78 is 5.82. The van der Waals surface area contributed by atoms with Crippen molar-refractivity contribution in [2.75, 3.05) is 13.2 Å². The first-order valence-electron chi connectivity index (χ1n) is 6.44. The predicted octanol–water partition coefficient (Wildman–Crippen LogP) is 2.69. The van der Waals surface area contributed by atoms with Gasteiger partial charge in [0.25, 0.3) is 0 Å². The number of H-pyrrole nitrogens is 1. The summed E-state index contributed by atoms with van der Waals surface area (Å²) in [5, 5.41) is 10.1. The van der Waals surface area contributed by atoms with E-state index in [1.807, 2.05) is 30.5 Å². The van der Waals surface area contributed by atoms with E-state index >= 15 is 0 Å². The number of carbonyl (C=O) groups is 1. The van der Waals surface area contributed by atoms with Gasteiger partial charge in [0, 0.05) is 23.6 Å². The summed E-state index contributed by atoms with van der Waals surface area (Å²) in [4.78, 5) is 15.7. The van der Waals surface area contributed by atoms with Crippen molar-refractivity contribution >= 4 is 17.0 Å². The van der Waals surface area contributed by atoms with Gasteiger partial charge in [-0.25, -0.2) is 4.79 Å². The van der Waals surface area contributed by atoms with Gasteiger partial charge in [0.1, 0.15) is 12.4 Å². The third-order valence-corrected chi connectivity index (χ3v) is 3.61. The Labute approximate surface area is 110 Å². The number of hydrogen-bond acceptors (Lipinski definition) is 2. The van der Waals surface area contributed by atoms with Gasteiger partial charge in [-0.05, 0) is 31.0 Å². The van der Waals surface area contributed by atoms with Gasteiger partial charge in [0.05, 0.1) is 6.04 Å². The van der Waals surface area contributed by atoms with Crippen molar-refractivity contribution in [2.45, 2.75) is 18.9 Å². The second-order valence-electron chi connectivity index (χ2n) is 4.78. The molecule has 0 saturated carbocycles. The lowest BCUT2D eigenvalue weighted by Gasteiger charge is -2.21. The monoisotopic (exact) mass is 260 g/mol. The van der Waals surface area contributed by atoms with Gasteiger partial charge in [-0.3, -0.25) is 0 Å². The molecule has 2 N–H and O–H groups in total. The minimum absolute atomic E-state index is 0.0355. The summed E-state index contributed by atoms with van der Waals surface area (Å²) in [7, 11) is 0. The van der Waals surface area contributed by atoms with E-state index < -0.39 is 6.09 Å². The van der Waals surface area contributed by atoms with Crippen LogP contribution in [-0.2, 0) is 0 Å². The van der Waals surface area contributed by atoms with Crippen LogP contribution < -0.4 is 4.74 Å². The van der Waals surface area contributed by atoms with Crippen LogP contribution in [0.1, 0.15) is 12.8 Å². The molecule has 1 unspecified atom stereocenters. The summed E-state index contributed by atoms with van der Waals surface area (Å²) in [5.74, 6) is 0.802. The molecule has 0 radical (unpaired) electrons. The molecule has 1 aliphatic rings. The van der Waals surface area contributed by atoms with Gasteiger partial charge in [0.2, 0.25) is 0 Å². The fraction of sp³-hybridized carbons (Fsp3) is 0.357. The number of rotatable bonds is 3. The van der Waals surface area contributed by atoms with Crippen LogP contribution in [-0.4, -0.2) is 40.3 Å². The first-order valence-corrected chi connectivity index (χ1v) is 6.44. The normalized spacial score (nSPS) is 18.9. The lowest BCUT2D eigenvalue weighted by molar-refractivity contribution is 0.123. The van der Waals surface area contributed by atoms with Crippen LogP contribution in [0.15, 0.2) is 30.5 Å². The molecule has 0 bridgehead atoms. The fourth-order valence-electron chi connectivity index (χ4n) is 2.63. The zero-order valence-electron chi connectivity index (χ0n) is 10.5. The molecule has 2 aromatic rings. The van der Waals surface area contributed by atoms with Gasteiger partial charge in [-0.1, -0.05) is 6.07 Å². The summed E-state index contributed by atoms with van der Waals surface area (Å²) in [6.07, 6.45) is 2.80. The van der Waals surface area contributed by atoms with Gasteiger partial charge < -0.3 is 19.7 Å². The molecule has 5 heteroatoms. The summed E-state index contributed by atoms with van der Waals surface area (Å²) in [6, 6.07) is 7.76. The largest absolute Gasteiger partial charge is 0.491 e. The number of likely N-dealkylation sites (tertiary alicyclic amines) is 1. The number of hydrogen-bond donors (Lipinski definition) is 2. The van der Waals surface area contributed by atoms with Crippen LogP contribution in [0.4, 0.5) is 4.79 Å². The number of amides is 1. The summed E-state index contributed by atoms with van der Waals surface area (Å²) in [6.45, 7) is 1.02. The fourth-order valence-corrected chi connectivity index (χ4v) is 2.63. The van der Waals surface area contributed by atoms with E-state index in [1.54, 1.807) is 0 Å². The minimum Gasteiger partial charge on any atom is -0.491 e. The second-order valence-corrected chi connectivity index (χ2v) is 4.78. The number of aromatic amines is 1. The van der Waals surface area contributed by atoms with Crippen molar-refractivity contribution in [3.8, 4) is 5.75 Å². The van der Waals surface area contributed by atoms with E-state index in [0.717, 1.165) is 29.5 Å². The smallest absolute Gasteiger partial charge is 0.407 e. The standard InChI is InChI=1S/C14H16N2O3/c17-14(18)16-8-2-3-10(16)9-19-13-5-1-4-12-11(13)6-7-15-12/h1,4-7,10,15H,2-3,8-9H2,(H,17,18). The number of aromatic nitrogens is 1. The molecule has 1 aromatic heterocycles. The molecule has 1 saturated heterocycles. The molecule has 2 heterocycles. The van der Waals surface area contributed by atoms with Gasteiger partial charge in [-0.2, -0.15) is 0 Å². The predicted molar refractivity (Wildman–Crippen MR) is 71.5 cm³/mol. The molecule has 1 aromatic carbocycles. The van der Waals surface area contributed by atoms with Crippen molar-refractivity contribution in [2.24, 2.45) is 0 Å². The van der Waals surface area contributed by atoms with Crippen LogP contribution >= 0.6 is 0 Å². The van der Waals surface area contributed by atoms with E-state index in [2.05, 4.69) is 4.98 Å². The van der Waals surface area contributed by atoms with Gasteiger partial charge in [-0.15, -0.1) is 0 Å². The zero-order valence-corrected chi connectivity index (χ0v) is 10.5. The highest BCUT2D eigenvalue weighted by molar-refractivity contribution is 5.85. The Morgan fingerprint density at radius 2 is 2.37 bits per heavy atom. The van der Waals surface area contributed by atoms with Crippen molar-refractivity contribution < 1.29 is 14.6 Å². The lowest BCUT2D eigenvalue weighted by Crippen LogP contribution is -2.38. The number of carboxylic acid groups (broad SMARTS) is 1. The number of fused-ring (bicyclic) bond motifs is 1. The van der Waals surface area contributed by atoms with Gasteiger partial charge in [0.15, 0.2) is 0 Å². The zero-order chi connectivity index (χ0) is 13.2. The number of nitrogens with one attached hydrogen (secondary N) is 1. The average Bonchev–Trinajstić information content (AvgIpc) is 3.04. The van der Waals surface area contributed by atoms with Crippen LogP contribution in [0.5, 0.6) is 5.75 Å². The van der Waals surface area contributed by atoms with Crippen molar-refractivity contribution in [3.63, 3.8) is 0 Å². The minimum atomic E-state index is -0.856. The van der Waals surface area contributed by atoms with E-state index in [4.69, 9.17) is 9.84 Å². The second kappa shape index (κ2) is 4.84. The van der Waals surface area contributed by atoms with Crippen LogP contribution in [0.25, 0.3) is 10.9 Å². The lowest BCUT2D eigenvalue weighted by atomic mass is 10.2. The molecular weight excluding hydrogens is 244 g/mol. The Morgan fingerprint density at radius 1 is 1.47 bits per heavy atom. The van der Waals surface area contributed by atoms with E-state index in [9.17, 15) is 4.79 Å². The number of benzene rings is 1. The highest BCUT2D eigenvalue weighted by atomic mass is 16.5. The molecule has 5 nitrogen and oxygen atoms in total. The molecule has 1 aliphatic heterocycles. The highest BCUT2D eigenvalue weighted by Crippen LogP contribution is 2.26. The van der Waals surface area contributed by atoms with Crippen molar-refractivity contribution in [3.05, 3.63) is 30.5 Å². The maximum absolute atomic E-state index is 11.1. The third-order valence-electron chi connectivity index (χ3n) is 3.61. The van der Waals surface area contributed by atoms with Crippen molar-refractivity contribution in [1.29, 1.82) is 0 Å². The highest BCUT2D eigenvalue weighted by Gasteiger charge is 2.28. The number of nitrogens with zero attached hydrogens (tertiary/aromatic N) is 1. The van der Waals surface area contributed by atoms with E-state index in [1.165, 1.54) is 4.90 Å². The summed E-state index contributed by atoms with van der Waals surface area (Å²) >= 11 is 0. The Balaban J connectivity index is 1.72. The molecule has 0 spiro atoms. The summed E-state index contributed by atoms with van der Waals surface area (Å²) in [5.41, 5.74) is 1.03. The Kier molecular flexibility index (Phi) is 3.03. The Hall–Kier alpha value is -2.17. The molecule has 1 amide bonds. The third kappa shape index (κ3) is 2.23. The number of ether oxygens (including phenoxy) is 1. The van der Waals surface area contributed by atoms with E-state index in [0.29, 0.717) is 13.2 Å².